The normalized spacial score (nSPS) is 12.8. The van der Waals surface area contributed by atoms with Crippen LogP contribution in [0.25, 0.3) is 0 Å². The van der Waals surface area contributed by atoms with Gasteiger partial charge >= 0.3 is 8.25 Å². The van der Waals surface area contributed by atoms with Crippen molar-refractivity contribution in [1.82, 2.24) is 0 Å². The standard InChI is InChI=1S/C8H15O3P/c1-5-8(6-2,7(3)4)11-12(9)10/h3,5-6H2,1-2,4H3/p+1. The Balaban J connectivity index is 4.58. The Morgan fingerprint density at radius 3 is 2.08 bits per heavy atom. The van der Waals surface area contributed by atoms with Crippen LogP contribution in [0.15, 0.2) is 12.2 Å². The molecule has 4 heteroatoms. The Labute approximate surface area is 74.4 Å². The van der Waals surface area contributed by atoms with E-state index in [-0.39, 0.29) is 0 Å². The predicted molar refractivity (Wildman–Crippen MR) is 49.0 cm³/mol. The minimum absolute atomic E-state index is 0.623. The molecule has 0 bridgehead atoms. The molecule has 1 unspecified atom stereocenters. The van der Waals surface area contributed by atoms with E-state index in [9.17, 15) is 4.57 Å². The van der Waals surface area contributed by atoms with E-state index in [0.29, 0.717) is 12.8 Å². The third-order valence-electron chi connectivity index (χ3n) is 2.17. The summed E-state index contributed by atoms with van der Waals surface area (Å²) >= 11 is 0. The highest BCUT2D eigenvalue weighted by atomic mass is 31.1. The summed E-state index contributed by atoms with van der Waals surface area (Å²) in [6.07, 6.45) is 1.33. The van der Waals surface area contributed by atoms with Crippen molar-refractivity contribution in [3.8, 4) is 0 Å². The van der Waals surface area contributed by atoms with Gasteiger partial charge in [-0.15, -0.1) is 9.42 Å². The summed E-state index contributed by atoms with van der Waals surface area (Å²) in [5.41, 5.74) is 0.173. The maximum absolute atomic E-state index is 10.5. The molecule has 0 aromatic rings. The van der Waals surface area contributed by atoms with Crippen molar-refractivity contribution in [1.29, 1.82) is 0 Å². The zero-order valence-corrected chi connectivity index (χ0v) is 8.73. The van der Waals surface area contributed by atoms with Gasteiger partial charge in [-0.2, -0.15) is 0 Å². The van der Waals surface area contributed by atoms with Gasteiger partial charge in [0.05, 0.1) is 0 Å². The molecule has 0 aliphatic rings. The van der Waals surface area contributed by atoms with Gasteiger partial charge in [0.1, 0.15) is 5.60 Å². The second-order valence-corrected chi connectivity index (χ2v) is 3.47. The van der Waals surface area contributed by atoms with Crippen molar-refractivity contribution in [2.75, 3.05) is 0 Å². The van der Waals surface area contributed by atoms with Gasteiger partial charge in [0.15, 0.2) is 0 Å². The van der Waals surface area contributed by atoms with Crippen molar-refractivity contribution in [2.24, 2.45) is 0 Å². The van der Waals surface area contributed by atoms with Gasteiger partial charge in [0.25, 0.3) is 0 Å². The van der Waals surface area contributed by atoms with Crippen LogP contribution in [-0.4, -0.2) is 10.5 Å². The lowest BCUT2D eigenvalue weighted by Crippen LogP contribution is -2.29. The molecule has 0 amide bonds. The molecule has 3 nitrogen and oxygen atoms in total. The van der Waals surface area contributed by atoms with Gasteiger partial charge < -0.3 is 0 Å². The molecule has 0 aromatic carbocycles. The monoisotopic (exact) mass is 191 g/mol. The van der Waals surface area contributed by atoms with Crippen molar-refractivity contribution in [3.05, 3.63) is 12.2 Å². The average Bonchev–Trinajstić information content (AvgIpc) is 1.99. The molecule has 0 aromatic heterocycles. The molecule has 1 atom stereocenters. The van der Waals surface area contributed by atoms with E-state index in [1.165, 1.54) is 0 Å². The van der Waals surface area contributed by atoms with Gasteiger partial charge in [0, 0.05) is 4.57 Å². The molecule has 0 radical (unpaired) electrons. The Hall–Kier alpha value is -0.240. The van der Waals surface area contributed by atoms with Crippen LogP contribution < -0.4 is 0 Å². The maximum Gasteiger partial charge on any atom is 0.695 e. The molecule has 0 spiro atoms. The lowest BCUT2D eigenvalue weighted by molar-refractivity contribution is 0.0934. The molecule has 0 saturated heterocycles. The molecule has 0 rings (SSSR count). The smallest absolute Gasteiger partial charge is 0.133 e. The molecular weight excluding hydrogens is 175 g/mol. The lowest BCUT2D eigenvalue weighted by Gasteiger charge is -2.24. The second kappa shape index (κ2) is 4.70. The number of rotatable bonds is 5. The first-order chi connectivity index (χ1) is 5.48. The fraction of sp³-hybridized carbons (Fsp3) is 0.750. The van der Waals surface area contributed by atoms with Crippen molar-refractivity contribution in [3.63, 3.8) is 0 Å². The van der Waals surface area contributed by atoms with Gasteiger partial charge in [-0.25, -0.2) is 0 Å². The minimum Gasteiger partial charge on any atom is -0.133 e. The molecule has 0 aliphatic heterocycles. The highest BCUT2D eigenvalue weighted by molar-refractivity contribution is 7.32. The Bertz CT molecular complexity index is 185. The van der Waals surface area contributed by atoms with Gasteiger partial charge in [-0.3, -0.25) is 0 Å². The van der Waals surface area contributed by atoms with E-state index in [2.05, 4.69) is 6.58 Å². The minimum atomic E-state index is -2.54. The SMILES string of the molecule is C=C(C)C(CC)(CC)O[P+](=O)O. The molecule has 0 heterocycles. The van der Waals surface area contributed by atoms with E-state index in [1.807, 2.05) is 20.8 Å². The molecule has 0 saturated carbocycles. The predicted octanol–water partition coefficient (Wildman–Crippen LogP) is 2.79. The summed E-state index contributed by atoms with van der Waals surface area (Å²) in [5, 5.41) is 0. The van der Waals surface area contributed by atoms with E-state index in [1.54, 1.807) is 0 Å². The summed E-state index contributed by atoms with van der Waals surface area (Å²) in [4.78, 5) is 8.65. The summed E-state index contributed by atoms with van der Waals surface area (Å²) < 4.78 is 15.5. The number of hydrogen-bond donors (Lipinski definition) is 1. The first kappa shape index (κ1) is 11.8. The fourth-order valence-corrected chi connectivity index (χ4v) is 1.92. The lowest BCUT2D eigenvalue weighted by atomic mass is 9.91. The zero-order valence-electron chi connectivity index (χ0n) is 7.83. The topological polar surface area (TPSA) is 46.5 Å². The molecule has 12 heavy (non-hydrogen) atoms. The van der Waals surface area contributed by atoms with Crippen LogP contribution >= 0.6 is 8.25 Å². The summed E-state index contributed by atoms with van der Waals surface area (Å²) in [6, 6.07) is 0. The van der Waals surface area contributed by atoms with Gasteiger partial charge in [-0.05, 0) is 25.3 Å². The molecule has 0 fully saturated rings. The average molecular weight is 191 g/mol. The Morgan fingerprint density at radius 1 is 1.58 bits per heavy atom. The van der Waals surface area contributed by atoms with Crippen LogP contribution in [0, 0.1) is 0 Å². The van der Waals surface area contributed by atoms with Crippen molar-refractivity contribution in [2.45, 2.75) is 39.2 Å². The largest absolute Gasteiger partial charge is 0.695 e. The third kappa shape index (κ3) is 2.67. The third-order valence-corrected chi connectivity index (χ3v) is 2.68. The van der Waals surface area contributed by atoms with Gasteiger partial charge in [-0.1, -0.05) is 20.4 Å². The summed E-state index contributed by atoms with van der Waals surface area (Å²) in [6.45, 7) is 9.40. The van der Waals surface area contributed by atoms with Crippen LogP contribution in [0.4, 0.5) is 0 Å². The van der Waals surface area contributed by atoms with Crippen LogP contribution in [0.3, 0.4) is 0 Å². The molecule has 1 N–H and O–H groups in total. The van der Waals surface area contributed by atoms with E-state index in [4.69, 9.17) is 9.42 Å². The Kier molecular flexibility index (Phi) is 4.61. The molecular formula is C8H16O3P+. The quantitative estimate of drug-likeness (QED) is 0.536. The summed E-state index contributed by atoms with van der Waals surface area (Å²) in [5.74, 6) is 0. The van der Waals surface area contributed by atoms with Crippen LogP contribution in [0.2, 0.25) is 0 Å². The van der Waals surface area contributed by atoms with Crippen LogP contribution in [0.5, 0.6) is 0 Å². The van der Waals surface area contributed by atoms with Crippen LogP contribution in [-0.2, 0) is 9.09 Å². The van der Waals surface area contributed by atoms with E-state index in [0.717, 1.165) is 5.57 Å². The Morgan fingerprint density at radius 2 is 2.00 bits per heavy atom. The number of hydrogen-bond acceptors (Lipinski definition) is 2. The van der Waals surface area contributed by atoms with Crippen LogP contribution in [0.1, 0.15) is 33.6 Å². The summed E-state index contributed by atoms with van der Waals surface area (Å²) in [7, 11) is -2.54. The second-order valence-electron chi connectivity index (χ2n) is 2.81. The highest BCUT2D eigenvalue weighted by Crippen LogP contribution is 2.36. The van der Waals surface area contributed by atoms with Gasteiger partial charge in [0.2, 0.25) is 0 Å². The van der Waals surface area contributed by atoms with Crippen molar-refractivity contribution < 1.29 is 14.0 Å². The first-order valence-corrected chi connectivity index (χ1v) is 5.12. The zero-order chi connectivity index (χ0) is 9.78. The van der Waals surface area contributed by atoms with Crippen molar-refractivity contribution >= 4 is 8.25 Å². The first-order valence-electron chi connectivity index (χ1n) is 3.99. The fourth-order valence-electron chi connectivity index (χ4n) is 1.21. The van der Waals surface area contributed by atoms with E-state index < -0.39 is 13.9 Å². The maximum atomic E-state index is 10.5. The van der Waals surface area contributed by atoms with E-state index >= 15 is 0 Å². The molecule has 70 valence electrons. The highest BCUT2D eigenvalue weighted by Gasteiger charge is 2.37. The molecule has 0 aliphatic carbocycles.